The van der Waals surface area contributed by atoms with Gasteiger partial charge in [-0.05, 0) is 28.8 Å². The number of Topliss-reactive ketones (excluding diaryl/α,β-unsaturated/α-hetero) is 1. The van der Waals surface area contributed by atoms with Crippen LogP contribution < -0.4 is 0 Å². The summed E-state index contributed by atoms with van der Waals surface area (Å²) in [4.78, 5) is 12.9. The molecule has 3 rings (SSSR count). The Labute approximate surface area is 153 Å². The summed E-state index contributed by atoms with van der Waals surface area (Å²) in [6, 6.07) is 17.5. The van der Waals surface area contributed by atoms with Crippen LogP contribution in [-0.4, -0.2) is 25.8 Å². The highest BCUT2D eigenvalue weighted by Gasteiger charge is 2.55. The first-order valence-corrected chi connectivity index (χ1v) is 8.27. The van der Waals surface area contributed by atoms with Crippen LogP contribution in [0.25, 0.3) is 17.7 Å². The molecular formula is C23H20O3. The molecular weight excluding hydrogens is 324 g/mol. The molecule has 0 heterocycles. The topological polar surface area (TPSA) is 35.5 Å². The number of carbonyl (C=O) groups excluding carboxylic acids is 1. The molecule has 3 heteroatoms. The lowest BCUT2D eigenvalue weighted by atomic mass is 9.75. The van der Waals surface area contributed by atoms with E-state index in [0.29, 0.717) is 11.1 Å². The minimum absolute atomic E-state index is 0.204. The third-order valence-electron chi connectivity index (χ3n) is 4.45. The minimum atomic E-state index is -1.39. The van der Waals surface area contributed by atoms with E-state index in [1.54, 1.807) is 12.2 Å². The predicted octanol–water partition coefficient (Wildman–Crippen LogP) is 4.52. The van der Waals surface area contributed by atoms with Crippen molar-refractivity contribution >= 4 is 23.5 Å². The Morgan fingerprint density at radius 2 is 1.62 bits per heavy atom. The van der Waals surface area contributed by atoms with Crippen LogP contribution in [0, 0.1) is 0 Å². The van der Waals surface area contributed by atoms with Crippen LogP contribution in [0.2, 0.25) is 0 Å². The van der Waals surface area contributed by atoms with E-state index in [0.717, 1.165) is 16.7 Å². The summed E-state index contributed by atoms with van der Waals surface area (Å²) in [6.45, 7) is 3.83. The number of hydrogen-bond acceptors (Lipinski definition) is 3. The molecule has 0 fully saturated rings. The van der Waals surface area contributed by atoms with Gasteiger partial charge in [0.25, 0.3) is 5.79 Å². The van der Waals surface area contributed by atoms with Crippen molar-refractivity contribution in [2.45, 2.75) is 5.79 Å². The van der Waals surface area contributed by atoms with Gasteiger partial charge >= 0.3 is 0 Å². The Balaban J connectivity index is 2.14. The van der Waals surface area contributed by atoms with Gasteiger partial charge in [0.1, 0.15) is 0 Å². The Morgan fingerprint density at radius 1 is 0.962 bits per heavy atom. The maximum Gasteiger partial charge on any atom is 0.262 e. The van der Waals surface area contributed by atoms with Crippen molar-refractivity contribution in [1.82, 2.24) is 0 Å². The monoisotopic (exact) mass is 344 g/mol. The third-order valence-corrected chi connectivity index (χ3v) is 4.45. The normalized spacial score (nSPS) is 15.1. The van der Waals surface area contributed by atoms with Crippen LogP contribution in [0.15, 0.2) is 78.6 Å². The number of hydrogen-bond donors (Lipinski definition) is 0. The smallest absolute Gasteiger partial charge is 0.262 e. The molecule has 0 unspecified atom stereocenters. The van der Waals surface area contributed by atoms with Crippen molar-refractivity contribution in [1.29, 1.82) is 0 Å². The average molecular weight is 344 g/mol. The second-order valence-corrected chi connectivity index (χ2v) is 5.80. The lowest BCUT2D eigenvalue weighted by Crippen LogP contribution is -2.52. The standard InChI is InChI=1S/C23H20O3/c1-4-18-14-8-9-15-19(18)21-20(23(25-2,26-3)22(21)24)16-10-13-17-11-6-5-7-12-17/h4-9,11-16H,1H2,2-3H3. The molecule has 0 spiro atoms. The summed E-state index contributed by atoms with van der Waals surface area (Å²) < 4.78 is 10.9. The summed E-state index contributed by atoms with van der Waals surface area (Å²) in [6.07, 6.45) is 5.33. The van der Waals surface area contributed by atoms with E-state index >= 15 is 0 Å². The molecule has 130 valence electrons. The summed E-state index contributed by atoms with van der Waals surface area (Å²) in [5, 5.41) is 0. The van der Waals surface area contributed by atoms with Crippen molar-refractivity contribution in [3.8, 4) is 0 Å². The highest BCUT2D eigenvalue weighted by atomic mass is 16.7. The Kier molecular flexibility index (Phi) is 5.15. The maximum absolute atomic E-state index is 12.9. The van der Waals surface area contributed by atoms with Crippen LogP contribution in [0.5, 0.6) is 0 Å². The molecule has 2 aromatic carbocycles. The zero-order valence-electron chi connectivity index (χ0n) is 14.9. The number of rotatable bonds is 6. The van der Waals surface area contributed by atoms with E-state index in [1.807, 2.05) is 60.7 Å². The zero-order valence-corrected chi connectivity index (χ0v) is 14.9. The van der Waals surface area contributed by atoms with E-state index in [9.17, 15) is 4.79 Å². The van der Waals surface area contributed by atoms with E-state index in [4.69, 9.17) is 9.47 Å². The predicted molar refractivity (Wildman–Crippen MR) is 104 cm³/mol. The van der Waals surface area contributed by atoms with Crippen molar-refractivity contribution in [2.24, 2.45) is 0 Å². The van der Waals surface area contributed by atoms with Crippen molar-refractivity contribution in [2.75, 3.05) is 14.2 Å². The summed E-state index contributed by atoms with van der Waals surface area (Å²) >= 11 is 0. The summed E-state index contributed by atoms with van der Waals surface area (Å²) in [5.41, 5.74) is 7.06. The van der Waals surface area contributed by atoms with Gasteiger partial charge in [-0.15, -0.1) is 5.73 Å². The SMILES string of the molecule is C=Cc1ccccc1C1=C(C=C=Cc2ccccc2)C(OC)(OC)C1=O. The van der Waals surface area contributed by atoms with Crippen LogP contribution in [0.1, 0.15) is 16.7 Å². The Hall–Kier alpha value is -2.97. The maximum atomic E-state index is 12.9. The van der Waals surface area contributed by atoms with Gasteiger partial charge in [0, 0.05) is 25.4 Å². The molecule has 0 aliphatic heterocycles. The molecule has 0 amide bonds. The number of ketones is 1. The molecule has 0 atom stereocenters. The van der Waals surface area contributed by atoms with Crippen LogP contribution in [0.3, 0.4) is 0 Å². The van der Waals surface area contributed by atoms with E-state index in [1.165, 1.54) is 14.2 Å². The summed E-state index contributed by atoms with van der Waals surface area (Å²) in [5.74, 6) is -1.59. The van der Waals surface area contributed by atoms with Gasteiger partial charge in [-0.1, -0.05) is 67.3 Å². The fourth-order valence-corrected chi connectivity index (χ4v) is 3.11. The van der Waals surface area contributed by atoms with Crippen LogP contribution >= 0.6 is 0 Å². The highest BCUT2D eigenvalue weighted by Crippen LogP contribution is 2.45. The Morgan fingerprint density at radius 3 is 2.27 bits per heavy atom. The molecule has 3 nitrogen and oxygen atoms in total. The largest absolute Gasteiger partial charge is 0.343 e. The number of carbonyl (C=O) groups is 1. The molecule has 2 aromatic rings. The van der Waals surface area contributed by atoms with Gasteiger partial charge in [0.15, 0.2) is 0 Å². The fourth-order valence-electron chi connectivity index (χ4n) is 3.11. The Bertz CT molecular complexity index is 925. The molecule has 0 radical (unpaired) electrons. The van der Waals surface area contributed by atoms with Gasteiger partial charge in [0.2, 0.25) is 5.78 Å². The van der Waals surface area contributed by atoms with Gasteiger partial charge in [0.05, 0.1) is 0 Å². The first-order chi connectivity index (χ1) is 12.7. The van der Waals surface area contributed by atoms with Crippen molar-refractivity contribution in [3.05, 3.63) is 95.2 Å². The van der Waals surface area contributed by atoms with Gasteiger partial charge in [-0.25, -0.2) is 0 Å². The lowest BCUT2D eigenvalue weighted by molar-refractivity contribution is -0.189. The molecule has 0 aromatic heterocycles. The molecule has 0 N–H and O–H groups in total. The van der Waals surface area contributed by atoms with Gasteiger partial charge in [-0.3, -0.25) is 4.79 Å². The number of methoxy groups -OCH3 is 2. The lowest BCUT2D eigenvalue weighted by Gasteiger charge is -2.40. The third kappa shape index (κ3) is 2.89. The van der Waals surface area contributed by atoms with Gasteiger partial charge in [-0.2, -0.15) is 0 Å². The summed E-state index contributed by atoms with van der Waals surface area (Å²) in [7, 11) is 2.93. The molecule has 0 saturated carbocycles. The molecule has 26 heavy (non-hydrogen) atoms. The van der Waals surface area contributed by atoms with Crippen LogP contribution in [-0.2, 0) is 14.3 Å². The van der Waals surface area contributed by atoms with Crippen LogP contribution in [0.4, 0.5) is 0 Å². The first-order valence-electron chi connectivity index (χ1n) is 8.27. The number of benzene rings is 2. The van der Waals surface area contributed by atoms with E-state index in [-0.39, 0.29) is 5.78 Å². The minimum Gasteiger partial charge on any atom is -0.343 e. The molecule has 1 aliphatic carbocycles. The second kappa shape index (κ2) is 7.51. The highest BCUT2D eigenvalue weighted by molar-refractivity contribution is 6.34. The molecule has 1 aliphatic rings. The number of ether oxygens (including phenoxy) is 2. The van der Waals surface area contributed by atoms with Crippen molar-refractivity contribution in [3.63, 3.8) is 0 Å². The van der Waals surface area contributed by atoms with Crippen molar-refractivity contribution < 1.29 is 14.3 Å². The first kappa shape index (κ1) is 17.8. The van der Waals surface area contributed by atoms with Gasteiger partial charge < -0.3 is 9.47 Å². The average Bonchev–Trinajstić information content (AvgIpc) is 2.69. The fraction of sp³-hybridized carbons (Fsp3) is 0.130. The molecule has 0 bridgehead atoms. The van der Waals surface area contributed by atoms with E-state index < -0.39 is 5.79 Å². The second-order valence-electron chi connectivity index (χ2n) is 5.80. The quantitative estimate of drug-likeness (QED) is 0.571. The van der Waals surface area contributed by atoms with E-state index in [2.05, 4.69) is 12.3 Å². The zero-order chi connectivity index (χ0) is 18.6. The molecule has 0 saturated heterocycles.